The molecule has 0 bridgehead atoms. The van der Waals surface area contributed by atoms with E-state index in [4.69, 9.17) is 9.05 Å². The molecular formula is C48H95N2O6P. The molecule has 0 aliphatic rings. The Labute approximate surface area is 354 Å². The van der Waals surface area contributed by atoms with Crippen molar-refractivity contribution in [3.63, 3.8) is 0 Å². The Hall–Kier alpha value is -1.02. The Balaban J connectivity index is 3.94. The Kier molecular flexibility index (Phi) is 39.7. The first-order chi connectivity index (χ1) is 27.5. The number of phosphoric acid groups is 1. The molecule has 0 aromatic carbocycles. The molecule has 0 aromatic rings. The fraction of sp³-hybridized carbons (Fsp3) is 0.896. The minimum absolute atomic E-state index is 0.00500. The van der Waals surface area contributed by atoms with Crippen molar-refractivity contribution in [1.82, 2.24) is 5.32 Å². The van der Waals surface area contributed by atoms with Gasteiger partial charge in [0.2, 0.25) is 5.91 Å². The largest absolute Gasteiger partial charge is 0.756 e. The molecule has 0 radical (unpaired) electrons. The van der Waals surface area contributed by atoms with Crippen LogP contribution in [0, 0.1) is 0 Å². The quantitative estimate of drug-likeness (QED) is 0.0274. The smallest absolute Gasteiger partial charge is 0.268 e. The van der Waals surface area contributed by atoms with Crippen molar-refractivity contribution in [2.75, 3.05) is 40.9 Å². The first kappa shape index (κ1) is 56.0. The number of rotatable bonds is 44. The molecule has 57 heavy (non-hydrogen) atoms. The highest BCUT2D eigenvalue weighted by molar-refractivity contribution is 7.45. The van der Waals surface area contributed by atoms with Crippen molar-refractivity contribution in [2.45, 2.75) is 238 Å². The summed E-state index contributed by atoms with van der Waals surface area (Å²) >= 11 is 0. The Morgan fingerprint density at radius 3 is 1.39 bits per heavy atom. The number of likely N-dealkylation sites (N-methyl/N-ethyl adjacent to an activating group) is 1. The van der Waals surface area contributed by atoms with Gasteiger partial charge in [0.15, 0.2) is 0 Å². The van der Waals surface area contributed by atoms with Crippen molar-refractivity contribution in [3.8, 4) is 0 Å². The molecule has 0 aliphatic carbocycles. The maximum absolute atomic E-state index is 12.8. The van der Waals surface area contributed by atoms with Crippen LogP contribution in [0.5, 0.6) is 0 Å². The molecule has 0 rings (SSSR count). The van der Waals surface area contributed by atoms with Crippen LogP contribution >= 0.6 is 7.82 Å². The molecule has 0 heterocycles. The predicted molar refractivity (Wildman–Crippen MR) is 242 cm³/mol. The van der Waals surface area contributed by atoms with Gasteiger partial charge in [-0.05, 0) is 25.7 Å². The average Bonchev–Trinajstić information content (AvgIpc) is 3.16. The van der Waals surface area contributed by atoms with Gasteiger partial charge in [0.05, 0.1) is 39.9 Å². The molecule has 0 saturated carbocycles. The number of allylic oxidation sites excluding steroid dienone is 3. The summed E-state index contributed by atoms with van der Waals surface area (Å²) in [4.78, 5) is 25.2. The summed E-state index contributed by atoms with van der Waals surface area (Å²) < 4.78 is 23.1. The third-order valence-electron chi connectivity index (χ3n) is 10.9. The van der Waals surface area contributed by atoms with E-state index in [0.717, 1.165) is 44.9 Å². The van der Waals surface area contributed by atoms with Crippen molar-refractivity contribution < 1.29 is 32.9 Å². The lowest BCUT2D eigenvalue weighted by atomic mass is 10.0. The number of amides is 1. The van der Waals surface area contributed by atoms with Crippen LogP contribution in [0.15, 0.2) is 24.3 Å². The van der Waals surface area contributed by atoms with Crippen LogP contribution in [-0.2, 0) is 18.4 Å². The third kappa shape index (κ3) is 42.9. The van der Waals surface area contributed by atoms with Gasteiger partial charge in [0.25, 0.3) is 7.82 Å². The molecular weight excluding hydrogens is 732 g/mol. The maximum Gasteiger partial charge on any atom is 0.268 e. The van der Waals surface area contributed by atoms with Crippen LogP contribution in [0.3, 0.4) is 0 Å². The molecule has 3 atom stereocenters. The number of quaternary nitrogens is 1. The van der Waals surface area contributed by atoms with Gasteiger partial charge in [-0.25, -0.2) is 0 Å². The van der Waals surface area contributed by atoms with Gasteiger partial charge in [-0.1, -0.05) is 218 Å². The van der Waals surface area contributed by atoms with Crippen molar-refractivity contribution in [2.24, 2.45) is 0 Å². The summed E-state index contributed by atoms with van der Waals surface area (Å²) in [6, 6.07) is -0.896. The predicted octanol–water partition coefficient (Wildman–Crippen LogP) is 13.1. The molecule has 0 fully saturated rings. The summed E-state index contributed by atoms with van der Waals surface area (Å²) in [6.45, 7) is 4.53. The second-order valence-corrected chi connectivity index (χ2v) is 19.2. The van der Waals surface area contributed by atoms with E-state index in [1.807, 2.05) is 27.2 Å². The van der Waals surface area contributed by atoms with Crippen molar-refractivity contribution in [3.05, 3.63) is 24.3 Å². The van der Waals surface area contributed by atoms with Crippen molar-refractivity contribution >= 4 is 13.7 Å². The molecule has 0 aromatic heterocycles. The van der Waals surface area contributed by atoms with E-state index in [2.05, 4.69) is 31.3 Å². The van der Waals surface area contributed by atoms with Gasteiger partial charge in [0, 0.05) is 6.42 Å². The van der Waals surface area contributed by atoms with Crippen LogP contribution in [0.2, 0.25) is 0 Å². The van der Waals surface area contributed by atoms with E-state index < -0.39 is 26.6 Å². The number of nitrogens with zero attached hydrogens (tertiary/aromatic N) is 1. The second-order valence-electron chi connectivity index (χ2n) is 17.8. The van der Waals surface area contributed by atoms with Crippen LogP contribution in [0.25, 0.3) is 0 Å². The zero-order valence-electron chi connectivity index (χ0n) is 38.3. The monoisotopic (exact) mass is 827 g/mol. The summed E-state index contributed by atoms with van der Waals surface area (Å²) in [5.74, 6) is -0.208. The second kappa shape index (κ2) is 40.4. The summed E-state index contributed by atoms with van der Waals surface area (Å²) in [5, 5.41) is 13.6. The standard InChI is InChI=1S/C48H95N2O6P/c1-6-8-10-12-14-15-16-17-18-19-20-21-22-23-24-25-26-27-28-29-30-31-32-33-34-36-38-40-42-48(52)49-46(47(51)41-39-37-35-13-11-9-7-2)45-56-57(53,54)55-44-43-50(3,4)5/h11,13,39,41,46-47,51H,6-10,12,14-38,40,42-45H2,1-5H3,(H-,49,52,53,54)/b13-11+,41-39+. The minimum atomic E-state index is -4.58. The van der Waals surface area contributed by atoms with Gasteiger partial charge in [-0.3, -0.25) is 9.36 Å². The topological polar surface area (TPSA) is 108 Å². The van der Waals surface area contributed by atoms with E-state index in [0.29, 0.717) is 17.4 Å². The molecule has 0 saturated heterocycles. The third-order valence-corrected chi connectivity index (χ3v) is 11.9. The lowest BCUT2D eigenvalue weighted by Gasteiger charge is -2.29. The Bertz CT molecular complexity index is 984. The summed E-state index contributed by atoms with van der Waals surface area (Å²) in [7, 11) is 1.25. The van der Waals surface area contributed by atoms with Crippen LogP contribution < -0.4 is 10.2 Å². The number of hydrogen-bond donors (Lipinski definition) is 2. The lowest BCUT2D eigenvalue weighted by Crippen LogP contribution is -2.45. The van der Waals surface area contributed by atoms with Gasteiger partial charge >= 0.3 is 0 Å². The van der Waals surface area contributed by atoms with E-state index in [1.54, 1.807) is 6.08 Å². The lowest BCUT2D eigenvalue weighted by molar-refractivity contribution is -0.870. The first-order valence-corrected chi connectivity index (χ1v) is 25.7. The van der Waals surface area contributed by atoms with Gasteiger partial charge in [0.1, 0.15) is 13.2 Å². The van der Waals surface area contributed by atoms with Gasteiger partial charge in [-0.15, -0.1) is 0 Å². The fourth-order valence-corrected chi connectivity index (χ4v) is 7.78. The molecule has 9 heteroatoms. The zero-order valence-corrected chi connectivity index (χ0v) is 39.2. The van der Waals surface area contributed by atoms with E-state index in [-0.39, 0.29) is 12.5 Å². The molecule has 1 amide bonds. The minimum Gasteiger partial charge on any atom is -0.756 e. The number of aliphatic hydroxyl groups is 1. The highest BCUT2D eigenvalue weighted by Gasteiger charge is 2.23. The fourth-order valence-electron chi connectivity index (χ4n) is 7.06. The SMILES string of the molecule is CCC/C=C/CC/C=C/C(O)C(COP(=O)([O-])OCC[N+](C)(C)C)NC(=O)CCCCCCCCCCCCCCCCCCCCCCCCCCCCCC. The highest BCUT2D eigenvalue weighted by atomic mass is 31.2. The molecule has 338 valence electrons. The number of aliphatic hydroxyl groups excluding tert-OH is 1. The normalized spacial score (nSPS) is 14.4. The van der Waals surface area contributed by atoms with Gasteiger partial charge < -0.3 is 28.8 Å². The van der Waals surface area contributed by atoms with Crippen LogP contribution in [-0.4, -0.2) is 68.5 Å². The number of phosphoric ester groups is 1. The van der Waals surface area contributed by atoms with E-state index >= 15 is 0 Å². The van der Waals surface area contributed by atoms with Gasteiger partial charge in [-0.2, -0.15) is 0 Å². The van der Waals surface area contributed by atoms with Crippen LogP contribution in [0.1, 0.15) is 226 Å². The number of nitrogens with one attached hydrogen (secondary N) is 1. The number of unbranched alkanes of at least 4 members (excludes halogenated alkanes) is 29. The van der Waals surface area contributed by atoms with Crippen molar-refractivity contribution in [1.29, 1.82) is 0 Å². The molecule has 2 N–H and O–H groups in total. The molecule has 0 aliphatic heterocycles. The Morgan fingerprint density at radius 2 is 0.982 bits per heavy atom. The van der Waals surface area contributed by atoms with Crippen LogP contribution in [0.4, 0.5) is 0 Å². The number of carbonyl (C=O) groups excluding carboxylic acids is 1. The average molecular weight is 827 g/mol. The maximum atomic E-state index is 12.8. The number of hydrogen-bond acceptors (Lipinski definition) is 6. The molecule has 3 unspecified atom stereocenters. The summed E-state index contributed by atoms with van der Waals surface area (Å²) in [5.41, 5.74) is 0. The zero-order chi connectivity index (χ0) is 42.1. The summed E-state index contributed by atoms with van der Waals surface area (Å²) in [6.07, 6.45) is 48.6. The number of carbonyl (C=O) groups is 1. The molecule has 0 spiro atoms. The van der Waals surface area contributed by atoms with E-state index in [9.17, 15) is 19.4 Å². The van der Waals surface area contributed by atoms with E-state index in [1.165, 1.54) is 161 Å². The Morgan fingerprint density at radius 1 is 0.596 bits per heavy atom. The first-order valence-electron chi connectivity index (χ1n) is 24.2. The molecule has 8 nitrogen and oxygen atoms in total. The highest BCUT2D eigenvalue weighted by Crippen LogP contribution is 2.38.